The first-order valence-electron chi connectivity index (χ1n) is 11.2. The number of rotatable bonds is 8. The van der Waals surface area contributed by atoms with Crippen LogP contribution in [-0.2, 0) is 11.3 Å². The van der Waals surface area contributed by atoms with Crippen LogP contribution in [0.25, 0.3) is 10.2 Å². The second-order valence-corrected chi connectivity index (χ2v) is 9.60. The number of carbonyl (C=O) groups is 1. The highest BCUT2D eigenvalue weighted by molar-refractivity contribution is 7.22. The number of benzene rings is 2. The summed E-state index contributed by atoms with van der Waals surface area (Å²) in [6.45, 7) is 11.3. The normalized spacial score (nSPS) is 11.3. The predicted molar refractivity (Wildman–Crippen MR) is 134 cm³/mol. The van der Waals surface area contributed by atoms with Gasteiger partial charge in [-0.15, -0.1) is 0 Å². The molecule has 0 saturated heterocycles. The van der Waals surface area contributed by atoms with Crippen LogP contribution < -0.4 is 9.64 Å². The van der Waals surface area contributed by atoms with E-state index in [1.54, 1.807) is 16.2 Å². The molecule has 172 valence electrons. The van der Waals surface area contributed by atoms with Crippen LogP contribution in [0.3, 0.4) is 0 Å². The fraction of sp³-hybridized carbons (Fsp3) is 0.346. The van der Waals surface area contributed by atoms with Crippen molar-refractivity contribution in [2.24, 2.45) is 0 Å². The van der Waals surface area contributed by atoms with Gasteiger partial charge < -0.3 is 4.74 Å². The topological polar surface area (TPSA) is 60.2 Å². The standard InChI is InChI=1S/C26H30N4O2S/c1-17(2)21-10-8-12-23-25(21)27-26(33-23)29(13-14-30-20(5)15-19(4)28-30)24(31)16-32-22-11-7-6-9-18(22)3/h6-12,15,17H,13-14,16H2,1-5H3. The van der Waals surface area contributed by atoms with Crippen molar-refractivity contribution in [1.82, 2.24) is 14.8 Å². The lowest BCUT2D eigenvalue weighted by molar-refractivity contribution is -0.120. The van der Waals surface area contributed by atoms with Crippen LogP contribution >= 0.6 is 11.3 Å². The van der Waals surface area contributed by atoms with Crippen molar-refractivity contribution < 1.29 is 9.53 Å². The molecule has 0 bridgehead atoms. The molecule has 0 atom stereocenters. The van der Waals surface area contributed by atoms with Crippen molar-refractivity contribution in [3.8, 4) is 5.75 Å². The third kappa shape index (κ3) is 5.09. The molecule has 0 radical (unpaired) electrons. The van der Waals surface area contributed by atoms with Gasteiger partial charge in [-0.05, 0) is 56.0 Å². The summed E-state index contributed by atoms with van der Waals surface area (Å²) in [5.74, 6) is 0.951. The number of carbonyl (C=O) groups excluding carboxylic acids is 1. The quantitative estimate of drug-likeness (QED) is 0.339. The minimum absolute atomic E-state index is 0.0467. The van der Waals surface area contributed by atoms with Crippen LogP contribution in [0, 0.1) is 20.8 Å². The third-order valence-corrected chi connectivity index (χ3v) is 6.72. The first-order chi connectivity index (χ1) is 15.8. The highest BCUT2D eigenvalue weighted by atomic mass is 32.1. The monoisotopic (exact) mass is 462 g/mol. The molecule has 1 amide bonds. The Bertz CT molecular complexity index is 1270. The van der Waals surface area contributed by atoms with Gasteiger partial charge in [-0.25, -0.2) is 4.98 Å². The molecule has 4 rings (SSSR count). The summed E-state index contributed by atoms with van der Waals surface area (Å²) in [6, 6.07) is 16.0. The van der Waals surface area contributed by atoms with Crippen molar-refractivity contribution in [1.29, 1.82) is 0 Å². The number of hydrogen-bond donors (Lipinski definition) is 0. The van der Waals surface area contributed by atoms with Gasteiger partial charge in [-0.1, -0.05) is 55.5 Å². The number of para-hydroxylation sites is 2. The third-order valence-electron chi connectivity index (χ3n) is 5.68. The molecule has 6 nitrogen and oxygen atoms in total. The molecule has 7 heteroatoms. The van der Waals surface area contributed by atoms with Crippen LogP contribution in [0.15, 0.2) is 48.5 Å². The van der Waals surface area contributed by atoms with E-state index in [4.69, 9.17) is 9.72 Å². The number of anilines is 1. The van der Waals surface area contributed by atoms with Gasteiger partial charge >= 0.3 is 0 Å². The van der Waals surface area contributed by atoms with E-state index < -0.39 is 0 Å². The average Bonchev–Trinajstić information content (AvgIpc) is 3.35. The van der Waals surface area contributed by atoms with Crippen molar-refractivity contribution >= 4 is 32.6 Å². The summed E-state index contributed by atoms with van der Waals surface area (Å²) >= 11 is 1.54. The summed E-state index contributed by atoms with van der Waals surface area (Å²) in [5, 5.41) is 5.24. The van der Waals surface area contributed by atoms with Crippen molar-refractivity contribution in [3.63, 3.8) is 0 Å². The highest BCUT2D eigenvalue weighted by Crippen LogP contribution is 2.33. The maximum Gasteiger partial charge on any atom is 0.266 e. The lowest BCUT2D eigenvalue weighted by Crippen LogP contribution is -2.37. The molecule has 0 spiro atoms. The maximum atomic E-state index is 13.4. The van der Waals surface area contributed by atoms with Gasteiger partial charge in [0.1, 0.15) is 5.75 Å². The van der Waals surface area contributed by atoms with Gasteiger partial charge in [0.2, 0.25) is 0 Å². The van der Waals surface area contributed by atoms with Crippen LogP contribution in [0.2, 0.25) is 0 Å². The number of aryl methyl sites for hydroxylation is 3. The van der Waals surface area contributed by atoms with E-state index >= 15 is 0 Å². The van der Waals surface area contributed by atoms with Gasteiger partial charge in [0, 0.05) is 12.2 Å². The molecule has 4 aromatic rings. The van der Waals surface area contributed by atoms with Gasteiger partial charge in [0.15, 0.2) is 11.7 Å². The summed E-state index contributed by atoms with van der Waals surface area (Å²) in [4.78, 5) is 20.0. The van der Waals surface area contributed by atoms with E-state index in [2.05, 4.69) is 37.1 Å². The molecule has 0 unspecified atom stereocenters. The zero-order valence-electron chi connectivity index (χ0n) is 19.8. The van der Waals surface area contributed by atoms with E-state index in [0.717, 1.165) is 32.9 Å². The van der Waals surface area contributed by atoms with Crippen LogP contribution in [0.4, 0.5) is 5.13 Å². The van der Waals surface area contributed by atoms with Crippen LogP contribution in [-0.4, -0.2) is 33.8 Å². The zero-order chi connectivity index (χ0) is 23.5. The van der Waals surface area contributed by atoms with Gasteiger partial charge in [0.05, 0.1) is 22.5 Å². The predicted octanol–water partition coefficient (Wildman–Crippen LogP) is 5.65. The molecule has 33 heavy (non-hydrogen) atoms. The van der Waals surface area contributed by atoms with Crippen LogP contribution in [0.5, 0.6) is 5.75 Å². The molecular weight excluding hydrogens is 432 g/mol. The fourth-order valence-corrected chi connectivity index (χ4v) is 4.94. The van der Waals surface area contributed by atoms with Crippen molar-refractivity contribution in [2.45, 2.75) is 47.1 Å². The van der Waals surface area contributed by atoms with Crippen molar-refractivity contribution in [3.05, 3.63) is 71.0 Å². The molecule has 0 N–H and O–H groups in total. The Morgan fingerprint density at radius 3 is 2.61 bits per heavy atom. The Labute approximate surface area is 198 Å². The van der Waals surface area contributed by atoms with E-state index in [1.165, 1.54) is 5.56 Å². The zero-order valence-corrected chi connectivity index (χ0v) is 20.6. The smallest absolute Gasteiger partial charge is 0.266 e. The summed E-state index contributed by atoms with van der Waals surface area (Å²) in [6.07, 6.45) is 0. The number of aromatic nitrogens is 3. The summed E-state index contributed by atoms with van der Waals surface area (Å²) in [5.41, 5.74) is 5.20. The average molecular weight is 463 g/mol. The first kappa shape index (κ1) is 23.0. The first-order valence-corrected chi connectivity index (χ1v) is 12.0. The van der Waals surface area contributed by atoms with Crippen LogP contribution in [0.1, 0.15) is 42.3 Å². The molecule has 2 heterocycles. The molecular formula is C26H30N4O2S. The van der Waals surface area contributed by atoms with E-state index in [-0.39, 0.29) is 12.5 Å². The number of ether oxygens (including phenoxy) is 1. The molecule has 0 aliphatic rings. The van der Waals surface area contributed by atoms with Gasteiger partial charge in [0.25, 0.3) is 5.91 Å². The number of thiazole rings is 1. The molecule has 0 aliphatic heterocycles. The maximum absolute atomic E-state index is 13.4. The van der Waals surface area contributed by atoms with Gasteiger partial charge in [-0.3, -0.25) is 14.4 Å². The van der Waals surface area contributed by atoms with E-state index in [0.29, 0.717) is 24.1 Å². The molecule has 0 aliphatic carbocycles. The largest absolute Gasteiger partial charge is 0.483 e. The Hall–Kier alpha value is -3.19. The number of hydrogen-bond acceptors (Lipinski definition) is 5. The Morgan fingerprint density at radius 1 is 1.12 bits per heavy atom. The van der Waals surface area contributed by atoms with Gasteiger partial charge in [-0.2, -0.15) is 5.10 Å². The second-order valence-electron chi connectivity index (χ2n) is 8.59. The molecule has 2 aromatic carbocycles. The lowest BCUT2D eigenvalue weighted by Gasteiger charge is -2.21. The Morgan fingerprint density at radius 2 is 1.91 bits per heavy atom. The second kappa shape index (κ2) is 9.75. The summed E-state index contributed by atoms with van der Waals surface area (Å²) < 4.78 is 8.90. The molecule has 2 aromatic heterocycles. The fourth-order valence-electron chi connectivity index (χ4n) is 3.90. The summed E-state index contributed by atoms with van der Waals surface area (Å²) in [7, 11) is 0. The molecule has 0 fully saturated rings. The van der Waals surface area contributed by atoms with E-state index in [9.17, 15) is 4.79 Å². The minimum atomic E-state index is -0.120. The Balaban J connectivity index is 1.62. The number of fused-ring (bicyclic) bond motifs is 1. The SMILES string of the molecule is Cc1cc(C)n(CCN(C(=O)COc2ccccc2C)c2nc3c(C(C)C)cccc3s2)n1. The number of nitrogens with zero attached hydrogens (tertiary/aromatic N) is 4. The Kier molecular flexibility index (Phi) is 6.79. The minimum Gasteiger partial charge on any atom is -0.483 e. The van der Waals surface area contributed by atoms with E-state index in [1.807, 2.05) is 55.8 Å². The number of amides is 1. The highest BCUT2D eigenvalue weighted by Gasteiger charge is 2.22. The lowest BCUT2D eigenvalue weighted by atomic mass is 10.0. The van der Waals surface area contributed by atoms with Crippen molar-refractivity contribution in [2.75, 3.05) is 18.1 Å². The molecule has 0 saturated carbocycles.